The summed E-state index contributed by atoms with van der Waals surface area (Å²) in [6.45, 7) is 0.0308. The van der Waals surface area contributed by atoms with Gasteiger partial charge in [0.25, 0.3) is 5.91 Å². The molecule has 1 atom stereocenters. The Morgan fingerprint density at radius 3 is 2.52 bits per heavy atom. The van der Waals surface area contributed by atoms with Crippen molar-refractivity contribution < 1.29 is 22.7 Å². The summed E-state index contributed by atoms with van der Waals surface area (Å²) in [5.74, 6) is -0.993. The van der Waals surface area contributed by atoms with E-state index in [9.17, 15) is 18.0 Å². The monoisotopic (exact) mass is 446 g/mol. The Kier molecular flexibility index (Phi) is 6.35. The van der Waals surface area contributed by atoms with Gasteiger partial charge in [-0.1, -0.05) is 48.4 Å². The van der Waals surface area contributed by atoms with Crippen molar-refractivity contribution in [3.63, 3.8) is 0 Å². The van der Waals surface area contributed by atoms with E-state index in [1.807, 2.05) is 30.3 Å². The van der Waals surface area contributed by atoms with Crippen molar-refractivity contribution in [2.24, 2.45) is 0 Å². The van der Waals surface area contributed by atoms with Gasteiger partial charge in [-0.3, -0.25) is 4.79 Å². The van der Waals surface area contributed by atoms with Gasteiger partial charge < -0.3 is 9.64 Å². The minimum Gasteiger partial charge on any atom is -0.451 e. The quantitative estimate of drug-likeness (QED) is 0.592. The third-order valence-corrected chi connectivity index (χ3v) is 7.62. The molecule has 4 rings (SSSR count). The zero-order valence-corrected chi connectivity index (χ0v) is 18.0. The Hall–Kier alpha value is -2.75. The molecule has 2 aromatic rings. The van der Waals surface area contributed by atoms with Gasteiger partial charge >= 0.3 is 5.97 Å². The molecule has 10 heteroatoms. The summed E-state index contributed by atoms with van der Waals surface area (Å²) in [7, 11) is -3.12. The predicted molar refractivity (Wildman–Crippen MR) is 112 cm³/mol. The molecule has 0 bridgehead atoms. The van der Waals surface area contributed by atoms with Crippen LogP contribution >= 0.6 is 0 Å². The highest BCUT2D eigenvalue weighted by atomic mass is 32.2. The minimum absolute atomic E-state index is 0.0104. The first-order chi connectivity index (χ1) is 14.9. The zero-order valence-electron chi connectivity index (χ0n) is 17.2. The molecule has 0 N–H and O–H groups in total. The number of sulfone groups is 1. The summed E-state index contributed by atoms with van der Waals surface area (Å²) in [6.07, 6.45) is 5.65. The van der Waals surface area contributed by atoms with Crippen LogP contribution in [-0.2, 0) is 25.9 Å². The molecule has 1 saturated heterocycles. The second-order valence-electron chi connectivity index (χ2n) is 8.16. The van der Waals surface area contributed by atoms with Gasteiger partial charge in [-0.15, -0.1) is 5.10 Å². The van der Waals surface area contributed by atoms with E-state index in [2.05, 4.69) is 10.3 Å². The van der Waals surface area contributed by atoms with E-state index in [0.29, 0.717) is 13.0 Å². The first-order valence-electron chi connectivity index (χ1n) is 10.5. The van der Waals surface area contributed by atoms with Crippen molar-refractivity contribution in [3.05, 3.63) is 47.8 Å². The van der Waals surface area contributed by atoms with Crippen molar-refractivity contribution in [1.82, 2.24) is 19.9 Å². The van der Waals surface area contributed by atoms with Crippen LogP contribution in [0.5, 0.6) is 0 Å². The summed E-state index contributed by atoms with van der Waals surface area (Å²) in [6, 6.07) is 9.30. The van der Waals surface area contributed by atoms with Gasteiger partial charge in [0.05, 0.1) is 24.2 Å². The maximum absolute atomic E-state index is 12.9. The van der Waals surface area contributed by atoms with Gasteiger partial charge in [-0.25, -0.2) is 17.9 Å². The fourth-order valence-corrected chi connectivity index (χ4v) is 6.11. The van der Waals surface area contributed by atoms with Crippen LogP contribution in [0.25, 0.3) is 0 Å². The molecular formula is C21H26N4O5S. The summed E-state index contributed by atoms with van der Waals surface area (Å²) in [5, 5.41) is 7.78. The summed E-state index contributed by atoms with van der Waals surface area (Å²) >= 11 is 0. The Morgan fingerprint density at radius 2 is 1.84 bits per heavy atom. The first kappa shape index (κ1) is 21.5. The smallest absolute Gasteiger partial charge is 0.361 e. The molecule has 1 aromatic heterocycles. The van der Waals surface area contributed by atoms with Gasteiger partial charge in [0.15, 0.2) is 22.1 Å². The normalized spacial score (nSPS) is 20.6. The molecule has 2 aliphatic rings. The number of nitrogens with zero attached hydrogens (tertiary/aromatic N) is 4. The SMILES string of the molecule is O=C(OCC(=O)N(C1CCCC1)C1CCS(=O)(=O)C1)c1cn(Cc2ccccc2)nn1. The number of carbonyl (C=O) groups is 2. The minimum atomic E-state index is -3.12. The first-order valence-corrected chi connectivity index (χ1v) is 12.4. The molecule has 0 spiro atoms. The van der Waals surface area contributed by atoms with Crippen molar-refractivity contribution in [3.8, 4) is 0 Å². The van der Waals surface area contributed by atoms with Gasteiger partial charge in [0.1, 0.15) is 0 Å². The predicted octanol–water partition coefficient (Wildman–Crippen LogP) is 1.44. The lowest BCUT2D eigenvalue weighted by atomic mass is 10.1. The molecule has 166 valence electrons. The van der Waals surface area contributed by atoms with E-state index in [1.165, 1.54) is 10.9 Å². The van der Waals surface area contributed by atoms with E-state index in [0.717, 1.165) is 31.2 Å². The molecule has 31 heavy (non-hydrogen) atoms. The number of benzene rings is 1. The number of carbonyl (C=O) groups excluding carboxylic acids is 2. The van der Waals surface area contributed by atoms with E-state index in [1.54, 1.807) is 4.90 Å². The fourth-order valence-electron chi connectivity index (χ4n) is 4.40. The molecule has 1 aromatic carbocycles. The molecule has 1 unspecified atom stereocenters. The third-order valence-electron chi connectivity index (χ3n) is 5.87. The largest absolute Gasteiger partial charge is 0.451 e. The van der Waals surface area contributed by atoms with Crippen molar-refractivity contribution in [2.45, 2.75) is 50.7 Å². The molecular weight excluding hydrogens is 420 g/mol. The van der Waals surface area contributed by atoms with E-state index in [-0.39, 0.29) is 35.2 Å². The number of amides is 1. The fraction of sp³-hybridized carbons (Fsp3) is 0.524. The van der Waals surface area contributed by atoms with Crippen LogP contribution in [0.15, 0.2) is 36.5 Å². The number of ether oxygens (including phenoxy) is 1. The molecule has 1 amide bonds. The topological polar surface area (TPSA) is 111 Å². The van der Waals surface area contributed by atoms with Gasteiger partial charge in [0, 0.05) is 12.1 Å². The van der Waals surface area contributed by atoms with E-state index >= 15 is 0 Å². The number of esters is 1. The average molecular weight is 447 g/mol. The Balaban J connectivity index is 1.36. The van der Waals surface area contributed by atoms with Crippen molar-refractivity contribution in [2.75, 3.05) is 18.1 Å². The van der Waals surface area contributed by atoms with Crippen LogP contribution in [0.4, 0.5) is 0 Å². The standard InChI is InChI=1S/C21H26N4O5S/c26-20(25(17-8-4-5-9-17)18-10-11-31(28,29)15-18)14-30-21(27)19-13-24(23-22-19)12-16-6-2-1-3-7-16/h1-3,6-7,13,17-18H,4-5,8-12,14-15H2. The molecule has 1 saturated carbocycles. The Labute approximate surface area is 181 Å². The lowest BCUT2D eigenvalue weighted by molar-refractivity contribution is -0.139. The zero-order chi connectivity index (χ0) is 21.8. The molecule has 2 heterocycles. The maximum Gasteiger partial charge on any atom is 0.361 e. The number of hydrogen-bond donors (Lipinski definition) is 0. The average Bonchev–Trinajstić information content (AvgIpc) is 3.49. The Bertz CT molecular complexity index is 1030. The van der Waals surface area contributed by atoms with Crippen LogP contribution < -0.4 is 0 Å². The third kappa shape index (κ3) is 5.30. The molecule has 1 aliphatic heterocycles. The van der Waals surface area contributed by atoms with Crippen LogP contribution in [0.1, 0.15) is 48.2 Å². The Morgan fingerprint density at radius 1 is 1.10 bits per heavy atom. The number of rotatable bonds is 7. The highest BCUT2D eigenvalue weighted by Crippen LogP contribution is 2.29. The van der Waals surface area contributed by atoms with Gasteiger partial charge in [0.2, 0.25) is 0 Å². The van der Waals surface area contributed by atoms with Gasteiger partial charge in [-0.2, -0.15) is 0 Å². The lowest BCUT2D eigenvalue weighted by Crippen LogP contribution is -2.48. The van der Waals surface area contributed by atoms with Crippen molar-refractivity contribution >= 4 is 21.7 Å². The lowest BCUT2D eigenvalue weighted by Gasteiger charge is -2.33. The summed E-state index contributed by atoms with van der Waals surface area (Å²) in [5.41, 5.74) is 1.04. The molecule has 9 nitrogen and oxygen atoms in total. The van der Waals surface area contributed by atoms with E-state index < -0.39 is 22.4 Å². The molecule has 0 radical (unpaired) electrons. The highest BCUT2D eigenvalue weighted by Gasteiger charge is 2.39. The highest BCUT2D eigenvalue weighted by molar-refractivity contribution is 7.91. The summed E-state index contributed by atoms with van der Waals surface area (Å²) < 4.78 is 30.6. The van der Waals surface area contributed by atoms with Crippen LogP contribution in [0, 0.1) is 0 Å². The van der Waals surface area contributed by atoms with Crippen LogP contribution in [0.2, 0.25) is 0 Å². The number of hydrogen-bond acceptors (Lipinski definition) is 7. The van der Waals surface area contributed by atoms with Gasteiger partial charge in [-0.05, 0) is 24.8 Å². The number of aromatic nitrogens is 3. The van der Waals surface area contributed by atoms with Crippen LogP contribution in [-0.4, -0.2) is 70.4 Å². The van der Waals surface area contributed by atoms with Crippen molar-refractivity contribution in [1.29, 1.82) is 0 Å². The second-order valence-corrected chi connectivity index (χ2v) is 10.4. The van der Waals surface area contributed by atoms with E-state index in [4.69, 9.17) is 4.74 Å². The molecule has 1 aliphatic carbocycles. The summed E-state index contributed by atoms with van der Waals surface area (Å²) in [4.78, 5) is 27.0. The maximum atomic E-state index is 12.9. The van der Waals surface area contributed by atoms with Crippen LogP contribution in [0.3, 0.4) is 0 Å². The molecule has 2 fully saturated rings. The second kappa shape index (κ2) is 9.17.